The highest BCUT2D eigenvalue weighted by Gasteiger charge is 2.67. The van der Waals surface area contributed by atoms with E-state index >= 15 is 0 Å². The third-order valence-corrected chi connectivity index (χ3v) is 8.16. The summed E-state index contributed by atoms with van der Waals surface area (Å²) in [5.74, 6) is 0.297. The molecule has 1 aromatic carbocycles. The number of anilines is 1. The highest BCUT2D eigenvalue weighted by molar-refractivity contribution is 6.02. The monoisotopic (exact) mass is 550 g/mol. The summed E-state index contributed by atoms with van der Waals surface area (Å²) in [6.07, 6.45) is 0.615. The molecule has 1 saturated heterocycles. The number of H-pyrrole nitrogens is 1. The first kappa shape index (κ1) is 24.6. The van der Waals surface area contributed by atoms with Gasteiger partial charge in [-0.15, -0.1) is 13.2 Å². The molecular weight excluding hydrogens is 528 g/mol. The first-order valence-electron chi connectivity index (χ1n) is 12.7. The highest BCUT2D eigenvalue weighted by atomic mass is 19.4. The van der Waals surface area contributed by atoms with Gasteiger partial charge in [0, 0.05) is 48.4 Å². The van der Waals surface area contributed by atoms with Gasteiger partial charge in [-0.05, 0) is 48.6 Å². The molecule has 4 aromatic heterocycles. The van der Waals surface area contributed by atoms with Gasteiger partial charge in [-0.1, -0.05) is 6.07 Å². The number of nitrogens with two attached hydrogens (primary N) is 1. The number of nitrogens with zero attached hydrogens (tertiary/aromatic N) is 6. The summed E-state index contributed by atoms with van der Waals surface area (Å²) in [5.41, 5.74) is 8.05. The largest absolute Gasteiger partial charge is 0.573 e. The number of pyridine rings is 2. The molecule has 13 heteroatoms. The van der Waals surface area contributed by atoms with Gasteiger partial charge < -0.3 is 15.4 Å². The molecule has 3 atom stereocenters. The van der Waals surface area contributed by atoms with Gasteiger partial charge in [-0.2, -0.15) is 5.10 Å². The maximum absolute atomic E-state index is 14.7. The van der Waals surface area contributed by atoms with E-state index in [1.165, 1.54) is 24.4 Å². The number of ether oxygens (including phenoxy) is 1. The van der Waals surface area contributed by atoms with E-state index in [4.69, 9.17) is 10.7 Å². The molecular formula is C27H22F4N8O. The van der Waals surface area contributed by atoms with E-state index < -0.39 is 17.5 Å². The van der Waals surface area contributed by atoms with Crippen LogP contribution >= 0.6 is 0 Å². The fourth-order valence-electron chi connectivity index (χ4n) is 6.36. The Hall–Kier alpha value is -4.39. The Morgan fingerprint density at radius 1 is 1.05 bits per heavy atom. The smallest absolute Gasteiger partial charge is 0.403 e. The SMILES string of the molecule is NC[C@]1(c2ncccc2F)[C@@H]2CCN(c3cnc4c(-c5ccc(OC(F)(F)F)c6ncccc56)n[nH]c4n3)C[C@@H]21. The number of aromatic amines is 1. The highest BCUT2D eigenvalue weighted by Crippen LogP contribution is 2.63. The first-order valence-corrected chi connectivity index (χ1v) is 12.7. The lowest BCUT2D eigenvalue weighted by Crippen LogP contribution is -2.33. The Morgan fingerprint density at radius 2 is 1.88 bits per heavy atom. The fourth-order valence-corrected chi connectivity index (χ4v) is 6.36. The first-order chi connectivity index (χ1) is 19.3. The zero-order chi connectivity index (χ0) is 27.6. The summed E-state index contributed by atoms with van der Waals surface area (Å²) >= 11 is 0. The Kier molecular flexibility index (Phi) is 5.43. The van der Waals surface area contributed by atoms with Crippen molar-refractivity contribution in [1.29, 1.82) is 0 Å². The predicted octanol–water partition coefficient (Wildman–Crippen LogP) is 4.35. The van der Waals surface area contributed by atoms with Crippen LogP contribution < -0.4 is 15.4 Å². The molecule has 7 rings (SSSR count). The van der Waals surface area contributed by atoms with Crippen molar-refractivity contribution >= 4 is 27.9 Å². The molecule has 9 nitrogen and oxygen atoms in total. The van der Waals surface area contributed by atoms with E-state index in [9.17, 15) is 17.6 Å². The van der Waals surface area contributed by atoms with Gasteiger partial charge in [0.15, 0.2) is 11.4 Å². The quantitative estimate of drug-likeness (QED) is 0.310. The number of halogens is 4. The van der Waals surface area contributed by atoms with Crippen molar-refractivity contribution < 1.29 is 22.3 Å². The van der Waals surface area contributed by atoms with Gasteiger partial charge in [0.1, 0.15) is 28.4 Å². The molecule has 40 heavy (non-hydrogen) atoms. The van der Waals surface area contributed by atoms with E-state index in [0.29, 0.717) is 59.0 Å². The molecule has 1 saturated carbocycles. The fraction of sp³-hybridized carbons (Fsp3) is 0.296. The summed E-state index contributed by atoms with van der Waals surface area (Å²) in [4.78, 5) is 19.9. The maximum Gasteiger partial charge on any atom is 0.573 e. The molecule has 0 radical (unpaired) electrons. The molecule has 1 aliphatic carbocycles. The minimum Gasteiger partial charge on any atom is -0.403 e. The molecule has 1 aliphatic heterocycles. The molecule has 204 valence electrons. The lowest BCUT2D eigenvalue weighted by molar-refractivity contribution is -0.274. The number of alkyl halides is 3. The number of benzene rings is 1. The van der Waals surface area contributed by atoms with Crippen LogP contribution in [-0.2, 0) is 5.41 Å². The number of hydrogen-bond acceptors (Lipinski definition) is 8. The Balaban J connectivity index is 1.20. The average molecular weight is 551 g/mol. The van der Waals surface area contributed by atoms with Crippen LogP contribution in [0.15, 0.2) is 55.0 Å². The normalized spacial score (nSPS) is 22.5. The molecule has 2 fully saturated rings. The Morgan fingerprint density at radius 3 is 2.67 bits per heavy atom. The molecule has 0 unspecified atom stereocenters. The minimum atomic E-state index is -4.85. The third kappa shape index (κ3) is 3.75. The van der Waals surface area contributed by atoms with Crippen LogP contribution in [0, 0.1) is 17.7 Å². The van der Waals surface area contributed by atoms with Crippen molar-refractivity contribution in [2.75, 3.05) is 24.5 Å². The van der Waals surface area contributed by atoms with Crippen LogP contribution in [0.2, 0.25) is 0 Å². The maximum atomic E-state index is 14.7. The number of fused-ring (bicyclic) bond motifs is 3. The van der Waals surface area contributed by atoms with Gasteiger partial charge in [0.05, 0.1) is 11.9 Å². The summed E-state index contributed by atoms with van der Waals surface area (Å²) < 4.78 is 57.6. The summed E-state index contributed by atoms with van der Waals surface area (Å²) in [5, 5.41) is 7.72. The standard InChI is InChI=1S/C27H22F4N8O/c28-18-4-2-9-34-24(18)26(13-32)16-7-10-39(12-17(16)26)20-11-35-23-22(37-38-25(23)36-20)15-5-6-19(40-27(29,30)31)21-14(15)3-1-8-33-21/h1-6,8-9,11,16-17H,7,10,12-13,32H2,(H,36,37,38)/t16-,17+,26+/m1/s1. The molecule has 2 aliphatic rings. The lowest BCUT2D eigenvalue weighted by Gasteiger charge is -2.26. The number of aromatic nitrogens is 6. The Bertz CT molecular complexity index is 1760. The van der Waals surface area contributed by atoms with Gasteiger partial charge >= 0.3 is 6.36 Å². The minimum absolute atomic E-state index is 0.0538. The second kappa shape index (κ2) is 8.81. The van der Waals surface area contributed by atoms with Crippen LogP contribution in [0.1, 0.15) is 12.1 Å². The van der Waals surface area contributed by atoms with Crippen molar-refractivity contribution in [3.8, 4) is 17.0 Å². The molecule has 0 spiro atoms. The van der Waals surface area contributed by atoms with Crippen molar-refractivity contribution in [3.05, 3.63) is 66.5 Å². The average Bonchev–Trinajstić information content (AvgIpc) is 3.41. The molecule has 0 amide bonds. The van der Waals surface area contributed by atoms with Gasteiger partial charge in [0.25, 0.3) is 0 Å². The number of piperidine rings is 1. The van der Waals surface area contributed by atoms with E-state index in [1.807, 2.05) is 0 Å². The summed E-state index contributed by atoms with van der Waals surface area (Å²) in [6.45, 7) is 1.65. The Labute approximate surface area is 224 Å². The lowest BCUT2D eigenvalue weighted by atomic mass is 9.95. The predicted molar refractivity (Wildman–Crippen MR) is 138 cm³/mol. The van der Waals surface area contributed by atoms with E-state index in [2.05, 4.69) is 34.8 Å². The zero-order valence-corrected chi connectivity index (χ0v) is 20.9. The molecule has 5 aromatic rings. The number of rotatable bonds is 5. The summed E-state index contributed by atoms with van der Waals surface area (Å²) in [6, 6.07) is 8.99. The van der Waals surface area contributed by atoms with Crippen molar-refractivity contribution in [1.82, 2.24) is 30.1 Å². The second-order valence-electron chi connectivity index (χ2n) is 10.1. The van der Waals surface area contributed by atoms with E-state index in [0.717, 1.165) is 6.42 Å². The van der Waals surface area contributed by atoms with Crippen LogP contribution in [-0.4, -0.2) is 56.1 Å². The van der Waals surface area contributed by atoms with Crippen molar-refractivity contribution in [3.63, 3.8) is 0 Å². The van der Waals surface area contributed by atoms with Gasteiger partial charge in [0.2, 0.25) is 0 Å². The van der Waals surface area contributed by atoms with Crippen LogP contribution in [0.3, 0.4) is 0 Å². The van der Waals surface area contributed by atoms with E-state index in [-0.39, 0.29) is 23.2 Å². The molecule has 3 N–H and O–H groups in total. The third-order valence-electron chi connectivity index (χ3n) is 8.16. The number of hydrogen-bond donors (Lipinski definition) is 2. The van der Waals surface area contributed by atoms with Crippen LogP contribution in [0.25, 0.3) is 33.3 Å². The zero-order valence-electron chi connectivity index (χ0n) is 20.9. The number of nitrogens with one attached hydrogen (secondary N) is 1. The topological polar surface area (TPSA) is 119 Å². The van der Waals surface area contributed by atoms with Crippen molar-refractivity contribution in [2.45, 2.75) is 18.2 Å². The van der Waals surface area contributed by atoms with Crippen molar-refractivity contribution in [2.24, 2.45) is 17.6 Å². The van der Waals surface area contributed by atoms with Crippen LogP contribution in [0.5, 0.6) is 5.75 Å². The summed E-state index contributed by atoms with van der Waals surface area (Å²) in [7, 11) is 0. The van der Waals surface area contributed by atoms with Crippen LogP contribution in [0.4, 0.5) is 23.4 Å². The molecule has 5 heterocycles. The van der Waals surface area contributed by atoms with E-state index in [1.54, 1.807) is 30.6 Å². The second-order valence-corrected chi connectivity index (χ2v) is 10.1. The van der Waals surface area contributed by atoms with Gasteiger partial charge in [-0.3, -0.25) is 15.1 Å². The molecule has 0 bridgehead atoms. The van der Waals surface area contributed by atoms with Gasteiger partial charge in [-0.25, -0.2) is 14.4 Å².